The van der Waals surface area contributed by atoms with Crippen LogP contribution in [0, 0.1) is 0 Å². The maximum Gasteiger partial charge on any atom is 0.277 e. The first kappa shape index (κ1) is 21.5. The Morgan fingerprint density at radius 3 is 2.55 bits per heavy atom. The van der Waals surface area contributed by atoms with Gasteiger partial charge in [0.05, 0.1) is 4.90 Å². The van der Waals surface area contributed by atoms with E-state index in [1.807, 2.05) is 7.05 Å². The van der Waals surface area contributed by atoms with Gasteiger partial charge in [-0.25, -0.2) is 8.42 Å². The van der Waals surface area contributed by atoms with Gasteiger partial charge >= 0.3 is 0 Å². The van der Waals surface area contributed by atoms with Crippen LogP contribution in [0.5, 0.6) is 0 Å². The Kier molecular flexibility index (Phi) is 6.10. The SMILES string of the molecule is CN1CCN(S(=O)(=O)c2cccc(NC(=O)c3cc(-c4cccc(Cl)c4)on3)c2)CC1. The Morgan fingerprint density at radius 1 is 1.06 bits per heavy atom. The number of rotatable bonds is 5. The number of aromatic nitrogens is 1. The molecular weight excluding hydrogens is 440 g/mol. The summed E-state index contributed by atoms with van der Waals surface area (Å²) in [6, 6.07) is 14.7. The smallest absolute Gasteiger partial charge is 0.277 e. The first-order chi connectivity index (χ1) is 14.8. The lowest BCUT2D eigenvalue weighted by molar-refractivity contribution is 0.101. The molecule has 0 bridgehead atoms. The van der Waals surface area contributed by atoms with Gasteiger partial charge in [0.1, 0.15) is 0 Å². The number of halogens is 1. The lowest BCUT2D eigenvalue weighted by Crippen LogP contribution is -2.47. The third-order valence-corrected chi connectivity index (χ3v) is 7.17. The molecule has 1 fully saturated rings. The fraction of sp³-hybridized carbons (Fsp3) is 0.238. The van der Waals surface area contributed by atoms with E-state index in [0.29, 0.717) is 48.2 Å². The van der Waals surface area contributed by atoms with Crippen molar-refractivity contribution in [3.8, 4) is 11.3 Å². The van der Waals surface area contributed by atoms with Crippen LogP contribution < -0.4 is 5.32 Å². The number of benzene rings is 2. The predicted octanol–water partition coefficient (Wildman–Crippen LogP) is 3.18. The number of anilines is 1. The van der Waals surface area contributed by atoms with Crippen molar-refractivity contribution < 1.29 is 17.7 Å². The van der Waals surface area contributed by atoms with Crippen LogP contribution in [-0.4, -0.2) is 61.9 Å². The van der Waals surface area contributed by atoms with E-state index in [-0.39, 0.29) is 10.6 Å². The van der Waals surface area contributed by atoms with Gasteiger partial charge < -0.3 is 14.7 Å². The molecule has 2 heterocycles. The van der Waals surface area contributed by atoms with Crippen molar-refractivity contribution in [3.63, 3.8) is 0 Å². The van der Waals surface area contributed by atoms with Crippen LogP contribution in [-0.2, 0) is 10.0 Å². The third kappa shape index (κ3) is 4.80. The number of nitrogens with zero attached hydrogens (tertiary/aromatic N) is 3. The summed E-state index contributed by atoms with van der Waals surface area (Å²) >= 11 is 5.99. The quantitative estimate of drug-likeness (QED) is 0.628. The molecule has 10 heteroatoms. The molecule has 2 aromatic carbocycles. The summed E-state index contributed by atoms with van der Waals surface area (Å²) in [6.07, 6.45) is 0. The second-order valence-corrected chi connectivity index (χ2v) is 9.65. The van der Waals surface area contributed by atoms with Crippen LogP contribution in [0.25, 0.3) is 11.3 Å². The van der Waals surface area contributed by atoms with Gasteiger partial charge in [-0.15, -0.1) is 0 Å². The molecule has 3 aromatic rings. The molecule has 0 unspecified atom stereocenters. The number of likely N-dealkylation sites (N-methyl/N-ethyl adjacent to an activating group) is 1. The number of carbonyl (C=O) groups excluding carboxylic acids is 1. The second-order valence-electron chi connectivity index (χ2n) is 7.28. The zero-order valence-electron chi connectivity index (χ0n) is 16.8. The van der Waals surface area contributed by atoms with E-state index in [2.05, 4.69) is 15.4 Å². The summed E-state index contributed by atoms with van der Waals surface area (Å²) < 4.78 is 32.6. The topological polar surface area (TPSA) is 95.8 Å². The largest absolute Gasteiger partial charge is 0.355 e. The first-order valence-corrected chi connectivity index (χ1v) is 11.5. The number of nitrogens with one attached hydrogen (secondary N) is 1. The average molecular weight is 461 g/mol. The molecule has 0 saturated carbocycles. The first-order valence-electron chi connectivity index (χ1n) is 9.66. The molecule has 1 amide bonds. The fourth-order valence-corrected chi connectivity index (χ4v) is 4.93. The highest BCUT2D eigenvalue weighted by atomic mass is 35.5. The van der Waals surface area contributed by atoms with Gasteiger partial charge in [-0.2, -0.15) is 4.31 Å². The fourth-order valence-electron chi connectivity index (χ4n) is 3.27. The van der Waals surface area contributed by atoms with Crippen LogP contribution in [0.15, 0.2) is 64.0 Å². The summed E-state index contributed by atoms with van der Waals surface area (Å²) in [4.78, 5) is 14.8. The molecule has 1 saturated heterocycles. The van der Waals surface area contributed by atoms with Gasteiger partial charge in [0, 0.05) is 48.5 Å². The highest BCUT2D eigenvalue weighted by molar-refractivity contribution is 7.89. The lowest BCUT2D eigenvalue weighted by atomic mass is 10.1. The van der Waals surface area contributed by atoms with E-state index in [1.165, 1.54) is 22.5 Å². The summed E-state index contributed by atoms with van der Waals surface area (Å²) in [5.74, 6) is -0.106. The highest BCUT2D eigenvalue weighted by Crippen LogP contribution is 2.25. The van der Waals surface area contributed by atoms with Crippen LogP contribution in [0.1, 0.15) is 10.5 Å². The van der Waals surface area contributed by atoms with Crippen molar-refractivity contribution in [2.75, 3.05) is 38.5 Å². The molecule has 0 atom stereocenters. The maximum absolute atomic E-state index is 12.9. The second kappa shape index (κ2) is 8.80. The molecule has 4 rings (SSSR count). The predicted molar refractivity (Wildman–Crippen MR) is 118 cm³/mol. The van der Waals surface area contributed by atoms with Crippen molar-refractivity contribution in [1.29, 1.82) is 0 Å². The van der Waals surface area contributed by atoms with Gasteiger partial charge in [-0.05, 0) is 37.4 Å². The average Bonchev–Trinajstić information content (AvgIpc) is 3.25. The van der Waals surface area contributed by atoms with Crippen LogP contribution in [0.2, 0.25) is 5.02 Å². The molecule has 162 valence electrons. The standard InChI is InChI=1S/C21H21ClN4O4S/c1-25-8-10-26(11-9-25)31(28,29)18-7-3-6-17(13-18)23-21(27)19-14-20(30-24-19)15-4-2-5-16(22)12-15/h2-7,12-14H,8-11H2,1H3,(H,23,27). The molecule has 1 aliphatic heterocycles. The normalized spacial score (nSPS) is 15.7. The summed E-state index contributed by atoms with van der Waals surface area (Å²) in [7, 11) is -1.68. The molecule has 0 aliphatic carbocycles. The summed E-state index contributed by atoms with van der Waals surface area (Å²) in [5, 5.41) is 7.03. The Labute approximate surface area is 185 Å². The van der Waals surface area contributed by atoms with Crippen LogP contribution >= 0.6 is 11.6 Å². The molecule has 0 radical (unpaired) electrons. The number of hydrogen-bond acceptors (Lipinski definition) is 6. The van der Waals surface area contributed by atoms with E-state index in [0.717, 1.165) is 0 Å². The van der Waals surface area contributed by atoms with Crippen molar-refractivity contribution in [3.05, 3.63) is 65.3 Å². The molecule has 1 N–H and O–H groups in total. The van der Waals surface area contributed by atoms with Crippen LogP contribution in [0.3, 0.4) is 0 Å². The molecule has 8 nitrogen and oxygen atoms in total. The highest BCUT2D eigenvalue weighted by Gasteiger charge is 2.27. The van der Waals surface area contributed by atoms with E-state index in [4.69, 9.17) is 16.1 Å². The molecule has 1 aliphatic rings. The number of sulfonamides is 1. The Balaban J connectivity index is 1.50. The lowest BCUT2D eigenvalue weighted by Gasteiger charge is -2.31. The monoisotopic (exact) mass is 460 g/mol. The Morgan fingerprint density at radius 2 is 1.81 bits per heavy atom. The number of carbonyl (C=O) groups is 1. The Hall–Kier alpha value is -2.72. The van der Waals surface area contributed by atoms with E-state index >= 15 is 0 Å². The number of piperazine rings is 1. The van der Waals surface area contributed by atoms with Gasteiger partial charge in [0.15, 0.2) is 11.5 Å². The van der Waals surface area contributed by atoms with E-state index in [1.54, 1.807) is 36.4 Å². The summed E-state index contributed by atoms with van der Waals surface area (Å²) in [5.41, 5.74) is 1.12. The van der Waals surface area contributed by atoms with Crippen molar-refractivity contribution in [2.24, 2.45) is 0 Å². The molecular formula is C21H21ClN4O4S. The zero-order valence-corrected chi connectivity index (χ0v) is 18.4. The zero-order chi connectivity index (χ0) is 22.0. The maximum atomic E-state index is 12.9. The molecule has 0 spiro atoms. The van der Waals surface area contributed by atoms with Gasteiger partial charge in [0.2, 0.25) is 10.0 Å². The molecule has 1 aromatic heterocycles. The minimum Gasteiger partial charge on any atom is -0.355 e. The minimum atomic E-state index is -3.64. The third-order valence-electron chi connectivity index (χ3n) is 5.04. The van der Waals surface area contributed by atoms with Crippen molar-refractivity contribution in [2.45, 2.75) is 4.90 Å². The van der Waals surface area contributed by atoms with Crippen LogP contribution in [0.4, 0.5) is 5.69 Å². The van der Waals surface area contributed by atoms with E-state index in [9.17, 15) is 13.2 Å². The van der Waals surface area contributed by atoms with Gasteiger partial charge in [-0.1, -0.05) is 35.0 Å². The minimum absolute atomic E-state index is 0.0716. The van der Waals surface area contributed by atoms with E-state index < -0.39 is 15.9 Å². The van der Waals surface area contributed by atoms with Crippen molar-refractivity contribution >= 4 is 33.2 Å². The summed E-state index contributed by atoms with van der Waals surface area (Å²) in [6.45, 7) is 2.22. The van der Waals surface area contributed by atoms with Gasteiger partial charge in [-0.3, -0.25) is 4.79 Å². The Bertz CT molecular complexity index is 1200. The number of hydrogen-bond donors (Lipinski definition) is 1. The van der Waals surface area contributed by atoms with Crippen molar-refractivity contribution in [1.82, 2.24) is 14.4 Å². The van der Waals surface area contributed by atoms with Gasteiger partial charge in [0.25, 0.3) is 5.91 Å². The number of amides is 1. The molecule has 31 heavy (non-hydrogen) atoms.